The zero-order chi connectivity index (χ0) is 20.1. The van der Waals surface area contributed by atoms with Crippen LogP contribution >= 0.6 is 0 Å². The average molecular weight is 381 g/mol. The van der Waals surface area contributed by atoms with Crippen LogP contribution in [0.5, 0.6) is 5.75 Å². The zero-order valence-electron chi connectivity index (χ0n) is 16.6. The van der Waals surface area contributed by atoms with Crippen molar-refractivity contribution in [3.8, 4) is 5.75 Å². The summed E-state index contributed by atoms with van der Waals surface area (Å²) < 4.78 is 12.9. The standard InChI is InChI=1S/C22H27N3O3/c1-15-16(2)25(11-13-27-3)21-9-4-17(14-20(15)21)22(26)24-18-5-7-19(8-6-18)28-12-10-23/h4-9,14H,10-13,23H2,1-3H3,(H,24,26). The first-order valence-electron chi connectivity index (χ1n) is 9.37. The summed E-state index contributed by atoms with van der Waals surface area (Å²) in [6.07, 6.45) is 0. The molecule has 0 aliphatic rings. The molecule has 1 heterocycles. The van der Waals surface area contributed by atoms with Gasteiger partial charge in [-0.05, 0) is 61.9 Å². The van der Waals surface area contributed by atoms with Crippen molar-refractivity contribution in [1.29, 1.82) is 0 Å². The van der Waals surface area contributed by atoms with Gasteiger partial charge in [-0.25, -0.2) is 0 Å². The Morgan fingerprint density at radius 3 is 2.54 bits per heavy atom. The fourth-order valence-electron chi connectivity index (χ4n) is 3.28. The summed E-state index contributed by atoms with van der Waals surface area (Å²) in [5.41, 5.74) is 10.3. The van der Waals surface area contributed by atoms with E-state index in [0.717, 1.165) is 28.9 Å². The number of nitrogens with two attached hydrogens (primary N) is 1. The van der Waals surface area contributed by atoms with Gasteiger partial charge in [0.25, 0.3) is 5.91 Å². The number of anilines is 1. The van der Waals surface area contributed by atoms with E-state index in [1.54, 1.807) is 7.11 Å². The van der Waals surface area contributed by atoms with E-state index in [1.165, 1.54) is 11.3 Å². The first kappa shape index (κ1) is 19.9. The molecule has 0 saturated carbocycles. The molecule has 1 amide bonds. The van der Waals surface area contributed by atoms with Gasteiger partial charge in [-0.15, -0.1) is 0 Å². The molecular formula is C22H27N3O3. The van der Waals surface area contributed by atoms with Crippen LogP contribution in [0.15, 0.2) is 42.5 Å². The van der Waals surface area contributed by atoms with Crippen molar-refractivity contribution in [1.82, 2.24) is 4.57 Å². The number of nitrogens with zero attached hydrogens (tertiary/aromatic N) is 1. The lowest BCUT2D eigenvalue weighted by atomic mass is 10.1. The lowest BCUT2D eigenvalue weighted by molar-refractivity contribution is 0.102. The maximum atomic E-state index is 12.7. The lowest BCUT2D eigenvalue weighted by Gasteiger charge is -2.09. The number of hydrogen-bond donors (Lipinski definition) is 2. The van der Waals surface area contributed by atoms with E-state index in [4.69, 9.17) is 15.2 Å². The molecule has 3 N–H and O–H groups in total. The van der Waals surface area contributed by atoms with E-state index in [2.05, 4.69) is 23.7 Å². The highest BCUT2D eigenvalue weighted by Crippen LogP contribution is 2.27. The van der Waals surface area contributed by atoms with Crippen LogP contribution in [0.25, 0.3) is 10.9 Å². The van der Waals surface area contributed by atoms with Crippen molar-refractivity contribution in [2.75, 3.05) is 32.2 Å². The maximum absolute atomic E-state index is 12.7. The van der Waals surface area contributed by atoms with Crippen molar-refractivity contribution in [2.24, 2.45) is 5.73 Å². The molecular weight excluding hydrogens is 354 g/mol. The molecule has 6 nitrogen and oxygen atoms in total. The number of rotatable bonds is 8. The van der Waals surface area contributed by atoms with Crippen molar-refractivity contribution in [3.63, 3.8) is 0 Å². The fourth-order valence-corrected chi connectivity index (χ4v) is 3.28. The number of carbonyl (C=O) groups excluding carboxylic acids is 1. The molecule has 0 spiro atoms. The molecule has 1 aromatic heterocycles. The maximum Gasteiger partial charge on any atom is 0.255 e. The Morgan fingerprint density at radius 2 is 1.86 bits per heavy atom. The number of hydrogen-bond acceptors (Lipinski definition) is 4. The predicted molar refractivity (Wildman–Crippen MR) is 112 cm³/mol. The Morgan fingerprint density at radius 1 is 1.11 bits per heavy atom. The minimum Gasteiger partial charge on any atom is -0.492 e. The Balaban J connectivity index is 1.79. The van der Waals surface area contributed by atoms with Crippen LogP contribution in [-0.4, -0.2) is 37.3 Å². The molecule has 0 fully saturated rings. The van der Waals surface area contributed by atoms with Gasteiger partial charge in [0.1, 0.15) is 12.4 Å². The Bertz CT molecular complexity index is 961. The number of fused-ring (bicyclic) bond motifs is 1. The van der Waals surface area contributed by atoms with Crippen molar-refractivity contribution in [3.05, 3.63) is 59.3 Å². The Hall–Kier alpha value is -2.83. The fraction of sp³-hybridized carbons (Fsp3) is 0.318. The van der Waals surface area contributed by atoms with Gasteiger partial charge >= 0.3 is 0 Å². The number of methoxy groups -OCH3 is 1. The molecule has 3 aromatic rings. The molecule has 148 valence electrons. The third kappa shape index (κ3) is 4.18. The summed E-state index contributed by atoms with van der Waals surface area (Å²) in [6.45, 7) is 6.55. The van der Waals surface area contributed by atoms with Gasteiger partial charge in [-0.1, -0.05) is 0 Å². The number of carbonyl (C=O) groups is 1. The summed E-state index contributed by atoms with van der Waals surface area (Å²) in [6, 6.07) is 13.1. The molecule has 0 bridgehead atoms. The minimum absolute atomic E-state index is 0.140. The van der Waals surface area contributed by atoms with Crippen LogP contribution in [0.3, 0.4) is 0 Å². The number of aryl methyl sites for hydroxylation is 1. The normalized spacial score (nSPS) is 11.0. The molecule has 0 aliphatic carbocycles. The zero-order valence-corrected chi connectivity index (χ0v) is 16.6. The molecule has 3 rings (SSSR count). The van der Waals surface area contributed by atoms with Gasteiger partial charge in [-0.2, -0.15) is 0 Å². The Labute approximate surface area is 165 Å². The molecule has 0 unspecified atom stereocenters. The monoisotopic (exact) mass is 381 g/mol. The summed E-state index contributed by atoms with van der Waals surface area (Å²) >= 11 is 0. The number of nitrogens with one attached hydrogen (secondary N) is 1. The predicted octanol–water partition coefficient (Wildman–Crippen LogP) is 3.49. The molecule has 0 radical (unpaired) electrons. The van der Waals surface area contributed by atoms with E-state index in [-0.39, 0.29) is 5.91 Å². The number of aromatic nitrogens is 1. The Kier molecular flexibility index (Phi) is 6.34. The largest absolute Gasteiger partial charge is 0.492 e. The SMILES string of the molecule is COCCn1c(C)c(C)c2cc(C(=O)Nc3ccc(OCCN)cc3)ccc21. The van der Waals surface area contributed by atoms with E-state index < -0.39 is 0 Å². The summed E-state index contributed by atoms with van der Waals surface area (Å²) in [4.78, 5) is 12.7. The molecule has 6 heteroatoms. The average Bonchev–Trinajstić information content (AvgIpc) is 2.95. The highest BCUT2D eigenvalue weighted by Gasteiger charge is 2.14. The number of amides is 1. The van der Waals surface area contributed by atoms with Crippen LogP contribution in [-0.2, 0) is 11.3 Å². The van der Waals surface area contributed by atoms with Gasteiger partial charge in [0.05, 0.1) is 6.61 Å². The summed E-state index contributed by atoms with van der Waals surface area (Å²) in [5, 5.41) is 4.03. The lowest BCUT2D eigenvalue weighted by Crippen LogP contribution is -2.12. The second-order valence-electron chi connectivity index (χ2n) is 6.70. The number of ether oxygens (including phenoxy) is 2. The second kappa shape index (κ2) is 8.91. The van der Waals surface area contributed by atoms with Crippen molar-refractivity contribution >= 4 is 22.5 Å². The van der Waals surface area contributed by atoms with E-state index in [9.17, 15) is 4.79 Å². The van der Waals surface area contributed by atoms with Gasteiger partial charge in [-0.3, -0.25) is 4.79 Å². The van der Waals surface area contributed by atoms with Crippen LogP contribution in [0.2, 0.25) is 0 Å². The first-order valence-corrected chi connectivity index (χ1v) is 9.37. The first-order chi connectivity index (χ1) is 13.5. The molecule has 28 heavy (non-hydrogen) atoms. The third-order valence-corrected chi connectivity index (χ3v) is 4.92. The highest BCUT2D eigenvalue weighted by molar-refractivity contribution is 6.06. The van der Waals surface area contributed by atoms with Gasteiger partial charge < -0.3 is 25.1 Å². The smallest absolute Gasteiger partial charge is 0.255 e. The third-order valence-electron chi connectivity index (χ3n) is 4.92. The van der Waals surface area contributed by atoms with Gasteiger partial charge in [0.2, 0.25) is 0 Å². The van der Waals surface area contributed by atoms with Crippen LogP contribution < -0.4 is 15.8 Å². The topological polar surface area (TPSA) is 78.5 Å². The van der Waals surface area contributed by atoms with Crippen LogP contribution in [0.4, 0.5) is 5.69 Å². The molecule has 2 aromatic carbocycles. The highest BCUT2D eigenvalue weighted by atomic mass is 16.5. The molecule has 0 aliphatic heterocycles. The second-order valence-corrected chi connectivity index (χ2v) is 6.70. The minimum atomic E-state index is -0.140. The molecule has 0 saturated heterocycles. The van der Waals surface area contributed by atoms with Crippen molar-refractivity contribution < 1.29 is 14.3 Å². The molecule has 0 atom stereocenters. The van der Waals surface area contributed by atoms with Crippen LogP contribution in [0, 0.1) is 13.8 Å². The van der Waals surface area contributed by atoms with Crippen LogP contribution in [0.1, 0.15) is 21.6 Å². The summed E-state index contributed by atoms with van der Waals surface area (Å²) in [5.74, 6) is 0.590. The van der Waals surface area contributed by atoms with E-state index in [1.807, 2.05) is 42.5 Å². The van der Waals surface area contributed by atoms with E-state index in [0.29, 0.717) is 25.3 Å². The van der Waals surface area contributed by atoms with E-state index >= 15 is 0 Å². The quantitative estimate of drug-likeness (QED) is 0.626. The van der Waals surface area contributed by atoms with Gasteiger partial charge in [0, 0.05) is 48.0 Å². The van der Waals surface area contributed by atoms with Crippen molar-refractivity contribution in [2.45, 2.75) is 20.4 Å². The number of benzene rings is 2. The summed E-state index contributed by atoms with van der Waals surface area (Å²) in [7, 11) is 1.70. The van der Waals surface area contributed by atoms with Gasteiger partial charge in [0.15, 0.2) is 0 Å².